The minimum Gasteiger partial charge on any atom is -0.477 e. The van der Waals surface area contributed by atoms with Crippen molar-refractivity contribution in [1.82, 2.24) is 4.57 Å². The first-order valence-corrected chi connectivity index (χ1v) is 9.75. The Morgan fingerprint density at radius 1 is 1.16 bits per heavy atom. The number of nitrogens with two attached hydrogens (primary N) is 1. The normalized spacial score (nSPS) is 17.3. The van der Waals surface area contributed by atoms with E-state index in [4.69, 9.17) is 5.73 Å². The zero-order valence-corrected chi connectivity index (χ0v) is 16.6. The number of halogens is 3. The van der Waals surface area contributed by atoms with Crippen molar-refractivity contribution >= 4 is 22.6 Å². The second-order valence-corrected chi connectivity index (χ2v) is 7.82. The molecule has 0 spiro atoms. The molecule has 31 heavy (non-hydrogen) atoms. The molecule has 0 unspecified atom stereocenters. The largest absolute Gasteiger partial charge is 0.477 e. The first kappa shape index (κ1) is 20.9. The van der Waals surface area contributed by atoms with E-state index in [-0.39, 0.29) is 34.2 Å². The molecule has 2 aromatic carbocycles. The lowest BCUT2D eigenvalue weighted by atomic mass is 10.0. The molecule has 9 heteroatoms. The number of benzene rings is 2. The quantitative estimate of drug-likeness (QED) is 0.662. The Morgan fingerprint density at radius 3 is 2.48 bits per heavy atom. The maximum absolute atomic E-state index is 15.0. The first-order valence-electron chi connectivity index (χ1n) is 9.75. The average Bonchev–Trinajstić information content (AvgIpc) is 3.19. The van der Waals surface area contributed by atoms with Crippen LogP contribution in [0, 0.1) is 23.4 Å². The Hall–Kier alpha value is -3.33. The molecule has 0 saturated carbocycles. The van der Waals surface area contributed by atoms with Crippen LogP contribution in [0.2, 0.25) is 0 Å². The molecular formula is C22H20F3N3O3. The van der Waals surface area contributed by atoms with E-state index >= 15 is 0 Å². The van der Waals surface area contributed by atoms with Gasteiger partial charge < -0.3 is 20.3 Å². The average molecular weight is 431 g/mol. The van der Waals surface area contributed by atoms with Gasteiger partial charge in [0.25, 0.3) is 0 Å². The summed E-state index contributed by atoms with van der Waals surface area (Å²) in [5.41, 5.74) is 4.58. The molecule has 1 saturated heterocycles. The predicted molar refractivity (Wildman–Crippen MR) is 110 cm³/mol. The van der Waals surface area contributed by atoms with Crippen LogP contribution in [-0.4, -0.2) is 34.8 Å². The van der Waals surface area contributed by atoms with E-state index in [0.717, 1.165) is 35.4 Å². The minimum absolute atomic E-state index is 0.0712. The van der Waals surface area contributed by atoms with Crippen LogP contribution in [0.25, 0.3) is 16.6 Å². The van der Waals surface area contributed by atoms with Gasteiger partial charge in [0.15, 0.2) is 0 Å². The summed E-state index contributed by atoms with van der Waals surface area (Å²) in [7, 11) is 0. The highest BCUT2D eigenvalue weighted by molar-refractivity contribution is 5.94. The van der Waals surface area contributed by atoms with Crippen LogP contribution in [0.3, 0.4) is 0 Å². The third kappa shape index (κ3) is 3.65. The lowest BCUT2D eigenvalue weighted by Crippen LogP contribution is -2.30. The van der Waals surface area contributed by atoms with Crippen molar-refractivity contribution in [1.29, 1.82) is 0 Å². The predicted octanol–water partition coefficient (Wildman–Crippen LogP) is 3.28. The molecule has 0 amide bonds. The molecule has 4 rings (SSSR count). The zero-order chi connectivity index (χ0) is 22.4. The fourth-order valence-electron chi connectivity index (χ4n) is 4.04. The van der Waals surface area contributed by atoms with Crippen molar-refractivity contribution in [2.24, 2.45) is 11.7 Å². The lowest BCUT2D eigenvalue weighted by Gasteiger charge is -2.22. The van der Waals surface area contributed by atoms with Gasteiger partial charge >= 0.3 is 5.97 Å². The van der Waals surface area contributed by atoms with Crippen molar-refractivity contribution in [3.05, 3.63) is 69.8 Å². The first-order chi connectivity index (χ1) is 14.7. The molecule has 6 nitrogen and oxygen atoms in total. The molecule has 1 aliphatic rings. The van der Waals surface area contributed by atoms with Crippen molar-refractivity contribution in [2.75, 3.05) is 18.0 Å². The number of pyridine rings is 1. The van der Waals surface area contributed by atoms with Gasteiger partial charge in [0.1, 0.15) is 23.0 Å². The lowest BCUT2D eigenvalue weighted by molar-refractivity contribution is 0.0695. The van der Waals surface area contributed by atoms with Crippen LogP contribution in [-0.2, 0) is 0 Å². The number of hydrogen-bond donors (Lipinski definition) is 2. The molecule has 3 aromatic rings. The molecule has 2 heterocycles. The molecule has 0 radical (unpaired) electrons. The third-order valence-corrected chi connectivity index (χ3v) is 5.78. The van der Waals surface area contributed by atoms with E-state index < -0.39 is 34.4 Å². The van der Waals surface area contributed by atoms with Gasteiger partial charge in [0.05, 0.1) is 16.9 Å². The molecule has 3 N–H and O–H groups in total. The fourth-order valence-corrected chi connectivity index (χ4v) is 4.04. The van der Waals surface area contributed by atoms with Crippen molar-refractivity contribution in [3.8, 4) is 5.69 Å². The molecular weight excluding hydrogens is 411 g/mol. The van der Waals surface area contributed by atoms with Gasteiger partial charge in [-0.2, -0.15) is 0 Å². The van der Waals surface area contributed by atoms with E-state index in [2.05, 4.69) is 0 Å². The summed E-state index contributed by atoms with van der Waals surface area (Å²) in [6, 6.07) is 5.09. The zero-order valence-electron chi connectivity index (χ0n) is 16.6. The molecule has 0 aliphatic carbocycles. The summed E-state index contributed by atoms with van der Waals surface area (Å²) in [6.07, 6.45) is 1.74. The number of fused-ring (bicyclic) bond motifs is 1. The highest BCUT2D eigenvalue weighted by Gasteiger charge is 2.28. The molecule has 162 valence electrons. The van der Waals surface area contributed by atoms with Crippen LogP contribution in [0.1, 0.15) is 23.7 Å². The Labute approximate surface area is 175 Å². The fraction of sp³-hybridized carbons (Fsp3) is 0.273. The van der Waals surface area contributed by atoms with Gasteiger partial charge in [-0.15, -0.1) is 0 Å². The third-order valence-electron chi connectivity index (χ3n) is 5.78. The SMILES string of the molecule is C[C@@H](N)[C@H]1CCN(c2cc3c(cc2F)c(=O)c(C(=O)O)cn3-c2ccc(F)cc2F)C1. The van der Waals surface area contributed by atoms with Crippen LogP contribution in [0.4, 0.5) is 18.9 Å². The molecule has 2 atom stereocenters. The van der Waals surface area contributed by atoms with E-state index in [0.29, 0.717) is 19.2 Å². The number of carbonyl (C=O) groups is 1. The standard InChI is InChI=1S/C22H20F3N3O3/c1-11(26)12-4-5-27(9-12)20-8-19-14(7-17(20)25)21(29)15(22(30)31)10-28(19)18-3-2-13(23)6-16(18)24/h2-3,6-8,10-12H,4-5,9,26H2,1H3,(H,30,31)/t11-,12+/m1/s1. The van der Waals surface area contributed by atoms with Crippen molar-refractivity contribution < 1.29 is 23.1 Å². The number of carboxylic acid groups (broad SMARTS) is 1. The molecule has 0 bridgehead atoms. The van der Waals surface area contributed by atoms with Gasteiger partial charge in [-0.1, -0.05) is 0 Å². The van der Waals surface area contributed by atoms with Gasteiger partial charge in [-0.05, 0) is 43.5 Å². The number of nitrogens with zero attached hydrogens (tertiary/aromatic N) is 2. The summed E-state index contributed by atoms with van der Waals surface area (Å²) in [4.78, 5) is 26.0. The number of aromatic nitrogens is 1. The Balaban J connectivity index is 1.98. The molecule has 1 fully saturated rings. The number of aromatic carboxylic acids is 1. The maximum Gasteiger partial charge on any atom is 0.341 e. The summed E-state index contributed by atoms with van der Waals surface area (Å²) in [5.74, 6) is -3.82. The van der Waals surface area contributed by atoms with Gasteiger partial charge in [-0.3, -0.25) is 4.79 Å². The Morgan fingerprint density at radius 2 is 1.87 bits per heavy atom. The van der Waals surface area contributed by atoms with E-state index in [1.807, 2.05) is 6.92 Å². The molecule has 1 aliphatic heterocycles. The second-order valence-electron chi connectivity index (χ2n) is 7.82. The number of hydrogen-bond acceptors (Lipinski definition) is 4. The van der Waals surface area contributed by atoms with Crippen LogP contribution < -0.4 is 16.1 Å². The van der Waals surface area contributed by atoms with Crippen molar-refractivity contribution in [3.63, 3.8) is 0 Å². The summed E-state index contributed by atoms with van der Waals surface area (Å²) < 4.78 is 44.1. The van der Waals surface area contributed by atoms with E-state index in [1.54, 1.807) is 4.90 Å². The highest BCUT2D eigenvalue weighted by atomic mass is 19.1. The topological polar surface area (TPSA) is 88.6 Å². The van der Waals surface area contributed by atoms with Gasteiger partial charge in [-0.25, -0.2) is 18.0 Å². The second kappa shape index (κ2) is 7.73. The minimum atomic E-state index is -1.54. The highest BCUT2D eigenvalue weighted by Crippen LogP contribution is 2.31. The van der Waals surface area contributed by atoms with E-state index in [1.165, 1.54) is 6.07 Å². The Kier molecular flexibility index (Phi) is 5.22. The number of carboxylic acids is 1. The summed E-state index contributed by atoms with van der Waals surface area (Å²) in [5, 5.41) is 9.19. The van der Waals surface area contributed by atoms with Gasteiger partial charge in [0, 0.05) is 36.8 Å². The monoisotopic (exact) mass is 431 g/mol. The van der Waals surface area contributed by atoms with E-state index in [9.17, 15) is 27.9 Å². The van der Waals surface area contributed by atoms with Crippen molar-refractivity contribution in [2.45, 2.75) is 19.4 Å². The van der Waals surface area contributed by atoms with Gasteiger partial charge in [0.2, 0.25) is 5.43 Å². The number of anilines is 1. The number of rotatable bonds is 4. The smallest absolute Gasteiger partial charge is 0.341 e. The maximum atomic E-state index is 15.0. The van der Waals surface area contributed by atoms with Crippen LogP contribution in [0.5, 0.6) is 0 Å². The summed E-state index contributed by atoms with van der Waals surface area (Å²) >= 11 is 0. The summed E-state index contributed by atoms with van der Waals surface area (Å²) in [6.45, 7) is 2.95. The molecule has 1 aromatic heterocycles. The van der Waals surface area contributed by atoms with Crippen LogP contribution >= 0.6 is 0 Å². The Bertz CT molecular complexity index is 1260. The van der Waals surface area contributed by atoms with Crippen LogP contribution in [0.15, 0.2) is 41.3 Å².